The summed E-state index contributed by atoms with van der Waals surface area (Å²) in [7, 11) is 0. The maximum absolute atomic E-state index is 12.2. The first-order valence-electron chi connectivity index (χ1n) is 7.75. The van der Waals surface area contributed by atoms with Crippen LogP contribution in [0.3, 0.4) is 0 Å². The van der Waals surface area contributed by atoms with Crippen molar-refractivity contribution < 1.29 is 9.59 Å². The quantitative estimate of drug-likeness (QED) is 0.760. The van der Waals surface area contributed by atoms with Crippen LogP contribution in [0.4, 0.5) is 5.69 Å². The lowest BCUT2D eigenvalue weighted by Gasteiger charge is -2.14. The van der Waals surface area contributed by atoms with Gasteiger partial charge in [-0.1, -0.05) is 26.0 Å². The topological polar surface area (TPSA) is 58.2 Å². The number of amides is 2. The van der Waals surface area contributed by atoms with Gasteiger partial charge in [0.05, 0.1) is 5.41 Å². The molecule has 2 N–H and O–H groups in total. The first kappa shape index (κ1) is 18.1. The Kier molecular flexibility index (Phi) is 5.27. The van der Waals surface area contributed by atoms with Crippen LogP contribution in [-0.4, -0.2) is 16.1 Å². The normalized spacial score (nSPS) is 23.0. The van der Waals surface area contributed by atoms with E-state index >= 15 is 0 Å². The SMILES string of the molecule is CC[C@H](C)C(=O)Nc1cccc(CNC(=O)[C@@]2(C)CC2(Cl)Cl)c1. The van der Waals surface area contributed by atoms with Gasteiger partial charge in [-0.3, -0.25) is 9.59 Å². The molecule has 0 saturated heterocycles. The van der Waals surface area contributed by atoms with E-state index in [1.54, 1.807) is 6.92 Å². The number of anilines is 1. The van der Waals surface area contributed by atoms with E-state index in [-0.39, 0.29) is 17.7 Å². The van der Waals surface area contributed by atoms with Gasteiger partial charge in [0.2, 0.25) is 11.8 Å². The molecule has 1 saturated carbocycles. The van der Waals surface area contributed by atoms with E-state index in [1.807, 2.05) is 38.1 Å². The fourth-order valence-corrected chi connectivity index (χ4v) is 2.94. The van der Waals surface area contributed by atoms with Gasteiger partial charge in [0, 0.05) is 18.2 Å². The first-order chi connectivity index (χ1) is 10.7. The molecule has 1 aromatic carbocycles. The fraction of sp³-hybridized carbons (Fsp3) is 0.529. The number of carbonyl (C=O) groups excluding carboxylic acids is 2. The van der Waals surface area contributed by atoms with Crippen LogP contribution in [0.1, 0.15) is 39.2 Å². The number of rotatable bonds is 6. The van der Waals surface area contributed by atoms with Crippen LogP contribution in [-0.2, 0) is 16.1 Å². The maximum Gasteiger partial charge on any atom is 0.229 e. The number of benzene rings is 1. The minimum atomic E-state index is -0.969. The van der Waals surface area contributed by atoms with Gasteiger partial charge in [-0.05, 0) is 37.5 Å². The van der Waals surface area contributed by atoms with Crippen molar-refractivity contribution in [1.82, 2.24) is 5.32 Å². The summed E-state index contributed by atoms with van der Waals surface area (Å²) in [6.45, 7) is 5.99. The van der Waals surface area contributed by atoms with Crippen LogP contribution in [0.15, 0.2) is 24.3 Å². The third kappa shape index (κ3) is 3.99. The second-order valence-electron chi connectivity index (χ2n) is 6.39. The lowest BCUT2D eigenvalue weighted by molar-refractivity contribution is -0.126. The molecule has 1 aliphatic carbocycles. The van der Waals surface area contributed by atoms with Gasteiger partial charge in [-0.25, -0.2) is 0 Å². The van der Waals surface area contributed by atoms with Gasteiger partial charge in [-0.2, -0.15) is 0 Å². The Balaban J connectivity index is 1.93. The summed E-state index contributed by atoms with van der Waals surface area (Å²) in [5.74, 6) is -0.196. The maximum atomic E-state index is 12.2. The molecule has 0 aromatic heterocycles. The van der Waals surface area contributed by atoms with Crippen molar-refractivity contribution in [2.75, 3.05) is 5.32 Å². The first-order valence-corrected chi connectivity index (χ1v) is 8.51. The monoisotopic (exact) mass is 356 g/mol. The van der Waals surface area contributed by atoms with Crippen molar-refractivity contribution in [2.24, 2.45) is 11.3 Å². The van der Waals surface area contributed by atoms with Gasteiger partial charge in [0.1, 0.15) is 4.33 Å². The molecule has 6 heteroatoms. The number of hydrogen-bond acceptors (Lipinski definition) is 2. The zero-order valence-electron chi connectivity index (χ0n) is 13.6. The third-order valence-corrected chi connectivity index (χ3v) is 5.57. The molecule has 4 nitrogen and oxygen atoms in total. The molecule has 1 aromatic rings. The summed E-state index contributed by atoms with van der Waals surface area (Å²) in [5.41, 5.74) is 0.904. The van der Waals surface area contributed by atoms with Gasteiger partial charge in [0.25, 0.3) is 0 Å². The van der Waals surface area contributed by atoms with Crippen molar-refractivity contribution in [3.8, 4) is 0 Å². The molecule has 1 aliphatic rings. The third-order valence-electron chi connectivity index (χ3n) is 4.47. The van der Waals surface area contributed by atoms with Crippen molar-refractivity contribution in [3.63, 3.8) is 0 Å². The molecule has 23 heavy (non-hydrogen) atoms. The predicted molar refractivity (Wildman–Crippen MR) is 93.5 cm³/mol. The molecule has 126 valence electrons. The molecule has 2 atom stereocenters. The lowest BCUT2D eigenvalue weighted by atomic mass is 10.1. The number of carbonyl (C=O) groups is 2. The second-order valence-corrected chi connectivity index (χ2v) is 7.88. The Bertz CT molecular complexity index is 618. The highest BCUT2D eigenvalue weighted by Gasteiger charge is 2.67. The number of halogens is 2. The van der Waals surface area contributed by atoms with Crippen LogP contribution in [0.25, 0.3) is 0 Å². The molecule has 0 radical (unpaired) electrons. The average molecular weight is 357 g/mol. The van der Waals surface area contributed by atoms with Crippen molar-refractivity contribution in [3.05, 3.63) is 29.8 Å². The Labute approximate surface area is 146 Å². The van der Waals surface area contributed by atoms with Gasteiger partial charge < -0.3 is 10.6 Å². The summed E-state index contributed by atoms with van der Waals surface area (Å²) in [4.78, 5) is 24.1. The number of hydrogen-bond donors (Lipinski definition) is 2. The zero-order chi connectivity index (χ0) is 17.3. The number of nitrogens with one attached hydrogen (secondary N) is 2. The summed E-state index contributed by atoms with van der Waals surface area (Å²) in [5, 5.41) is 5.73. The van der Waals surface area contributed by atoms with Gasteiger partial charge >= 0.3 is 0 Å². The van der Waals surface area contributed by atoms with Crippen LogP contribution in [0.5, 0.6) is 0 Å². The molecular formula is C17H22Cl2N2O2. The fourth-order valence-electron chi connectivity index (χ4n) is 2.23. The highest BCUT2D eigenvalue weighted by molar-refractivity contribution is 6.53. The van der Waals surface area contributed by atoms with E-state index in [4.69, 9.17) is 23.2 Å². The van der Waals surface area contributed by atoms with E-state index in [1.165, 1.54) is 0 Å². The van der Waals surface area contributed by atoms with E-state index in [0.717, 1.165) is 17.7 Å². The predicted octanol–water partition coefficient (Wildman–Crippen LogP) is 3.87. The van der Waals surface area contributed by atoms with Crippen LogP contribution < -0.4 is 10.6 Å². The molecule has 0 spiro atoms. The molecule has 0 heterocycles. The van der Waals surface area contributed by atoms with E-state index in [0.29, 0.717) is 13.0 Å². The molecule has 0 unspecified atom stereocenters. The van der Waals surface area contributed by atoms with Crippen molar-refractivity contribution in [2.45, 2.75) is 44.5 Å². The molecule has 2 rings (SSSR count). The Hall–Kier alpha value is -1.26. The molecule has 0 bridgehead atoms. The highest BCUT2D eigenvalue weighted by Crippen LogP contribution is 2.63. The summed E-state index contributed by atoms with van der Waals surface area (Å²) in [6.07, 6.45) is 1.25. The Morgan fingerprint density at radius 2 is 2.00 bits per heavy atom. The summed E-state index contributed by atoms with van der Waals surface area (Å²) in [6, 6.07) is 7.42. The smallest absolute Gasteiger partial charge is 0.229 e. The molecule has 0 aliphatic heterocycles. The highest BCUT2D eigenvalue weighted by atomic mass is 35.5. The summed E-state index contributed by atoms with van der Waals surface area (Å²) >= 11 is 12.0. The molecular weight excluding hydrogens is 335 g/mol. The minimum absolute atomic E-state index is 0.00626. The van der Waals surface area contributed by atoms with E-state index < -0.39 is 9.75 Å². The number of alkyl halides is 2. The minimum Gasteiger partial charge on any atom is -0.351 e. The largest absolute Gasteiger partial charge is 0.351 e. The standard InChI is InChI=1S/C17H22Cl2N2O2/c1-4-11(2)14(22)21-13-7-5-6-12(8-13)9-20-15(23)16(3)10-17(16,18)19/h5-8,11H,4,9-10H2,1-3H3,(H,20,23)(H,21,22)/t11-,16+/m0/s1. The van der Waals surface area contributed by atoms with Crippen molar-refractivity contribution in [1.29, 1.82) is 0 Å². The lowest BCUT2D eigenvalue weighted by Crippen LogP contribution is -2.32. The second kappa shape index (κ2) is 6.70. The van der Waals surface area contributed by atoms with Crippen LogP contribution in [0.2, 0.25) is 0 Å². The summed E-state index contributed by atoms with van der Waals surface area (Å²) < 4.78 is -0.969. The van der Waals surface area contributed by atoms with Gasteiger partial charge in [-0.15, -0.1) is 23.2 Å². The van der Waals surface area contributed by atoms with Crippen LogP contribution in [0, 0.1) is 11.3 Å². The van der Waals surface area contributed by atoms with E-state index in [9.17, 15) is 9.59 Å². The molecule has 2 amide bonds. The zero-order valence-corrected chi connectivity index (χ0v) is 15.1. The van der Waals surface area contributed by atoms with Crippen molar-refractivity contribution >= 4 is 40.7 Å². The Morgan fingerprint density at radius 3 is 2.57 bits per heavy atom. The molecule has 1 fully saturated rings. The van der Waals surface area contributed by atoms with Crippen LogP contribution >= 0.6 is 23.2 Å². The average Bonchev–Trinajstić information content (AvgIpc) is 3.04. The Morgan fingerprint density at radius 1 is 1.35 bits per heavy atom. The van der Waals surface area contributed by atoms with E-state index in [2.05, 4.69) is 10.6 Å². The van der Waals surface area contributed by atoms with Gasteiger partial charge in [0.15, 0.2) is 0 Å².